The maximum absolute atomic E-state index is 11.4. The van der Waals surface area contributed by atoms with Crippen molar-refractivity contribution in [1.82, 2.24) is 0 Å². The molecule has 0 spiro atoms. The van der Waals surface area contributed by atoms with E-state index in [4.69, 9.17) is 9.84 Å². The molecule has 0 unspecified atom stereocenters. The van der Waals surface area contributed by atoms with Gasteiger partial charge in [0.1, 0.15) is 5.60 Å². The summed E-state index contributed by atoms with van der Waals surface area (Å²) in [5.41, 5.74) is -0.526. The molecule has 1 rings (SSSR count). The normalized spacial score (nSPS) is 17.1. The summed E-state index contributed by atoms with van der Waals surface area (Å²) in [6.07, 6.45) is 5.07. The molecule has 0 amide bonds. The second-order valence-electron chi connectivity index (χ2n) is 3.36. The molecule has 15 heavy (non-hydrogen) atoms. The zero-order valence-corrected chi connectivity index (χ0v) is 8.23. The fourth-order valence-corrected chi connectivity index (χ4v) is 0.961. The zero-order chi connectivity index (χ0) is 11.5. The standard InChI is InChI=1S/C11H12O4/c1-3-11(6-7-11)15-10(14)8(2)4-5-9(12)13/h3-5H,1-2,6-7H2,(H,12,13). The predicted molar refractivity (Wildman–Crippen MR) is 54.2 cm³/mol. The molecular formula is C11H12O4. The van der Waals surface area contributed by atoms with Gasteiger partial charge < -0.3 is 9.84 Å². The van der Waals surface area contributed by atoms with Gasteiger partial charge in [-0.05, 0) is 25.0 Å². The van der Waals surface area contributed by atoms with E-state index in [1.165, 1.54) is 0 Å². The minimum atomic E-state index is -1.13. The number of carboxylic acids is 1. The molecule has 4 heteroatoms. The molecule has 1 saturated carbocycles. The van der Waals surface area contributed by atoms with Crippen molar-refractivity contribution in [2.75, 3.05) is 0 Å². The van der Waals surface area contributed by atoms with Crippen LogP contribution in [0.25, 0.3) is 0 Å². The Kier molecular flexibility index (Phi) is 3.09. The number of hydrogen-bond donors (Lipinski definition) is 1. The summed E-state index contributed by atoms with van der Waals surface area (Å²) >= 11 is 0. The lowest BCUT2D eigenvalue weighted by Gasteiger charge is -2.11. The molecule has 80 valence electrons. The molecule has 0 bridgehead atoms. The van der Waals surface area contributed by atoms with Crippen LogP contribution in [0.1, 0.15) is 12.8 Å². The summed E-state index contributed by atoms with van der Waals surface area (Å²) in [6, 6.07) is 0. The number of esters is 1. The average molecular weight is 208 g/mol. The fourth-order valence-electron chi connectivity index (χ4n) is 0.961. The molecule has 1 fully saturated rings. The van der Waals surface area contributed by atoms with E-state index in [-0.39, 0.29) is 5.57 Å². The quantitative estimate of drug-likeness (QED) is 0.321. The van der Waals surface area contributed by atoms with E-state index in [0.717, 1.165) is 25.0 Å². The third-order valence-electron chi connectivity index (χ3n) is 2.10. The summed E-state index contributed by atoms with van der Waals surface area (Å²) < 4.78 is 5.09. The van der Waals surface area contributed by atoms with E-state index >= 15 is 0 Å². The summed E-state index contributed by atoms with van der Waals surface area (Å²) in [6.45, 7) is 6.98. The summed E-state index contributed by atoms with van der Waals surface area (Å²) in [7, 11) is 0. The first kappa shape index (κ1) is 11.2. The van der Waals surface area contributed by atoms with Gasteiger partial charge >= 0.3 is 11.9 Å². The highest BCUT2D eigenvalue weighted by Crippen LogP contribution is 2.40. The summed E-state index contributed by atoms with van der Waals surface area (Å²) in [5.74, 6) is -1.74. The van der Waals surface area contributed by atoms with Gasteiger partial charge in [0.15, 0.2) is 0 Å². The molecule has 4 nitrogen and oxygen atoms in total. The third kappa shape index (κ3) is 3.09. The van der Waals surface area contributed by atoms with Gasteiger partial charge in [-0.25, -0.2) is 9.59 Å². The van der Waals surface area contributed by atoms with E-state index < -0.39 is 17.5 Å². The van der Waals surface area contributed by atoms with Gasteiger partial charge in [-0.2, -0.15) is 0 Å². The number of hydrogen-bond acceptors (Lipinski definition) is 3. The number of carboxylic acid groups (broad SMARTS) is 1. The van der Waals surface area contributed by atoms with Crippen LogP contribution in [0.3, 0.4) is 0 Å². The lowest BCUT2D eigenvalue weighted by atomic mass is 10.2. The van der Waals surface area contributed by atoms with Crippen LogP contribution in [0, 0.1) is 0 Å². The highest BCUT2D eigenvalue weighted by atomic mass is 16.6. The monoisotopic (exact) mass is 208 g/mol. The lowest BCUT2D eigenvalue weighted by Crippen LogP contribution is -2.17. The van der Waals surface area contributed by atoms with Gasteiger partial charge in [0.05, 0.1) is 5.57 Å². The van der Waals surface area contributed by atoms with Crippen LogP contribution >= 0.6 is 0 Å². The van der Waals surface area contributed by atoms with E-state index in [1.807, 2.05) is 0 Å². The van der Waals surface area contributed by atoms with Crippen LogP contribution in [0.2, 0.25) is 0 Å². The van der Waals surface area contributed by atoms with Crippen LogP contribution in [-0.4, -0.2) is 22.6 Å². The highest BCUT2D eigenvalue weighted by molar-refractivity contribution is 5.93. The second-order valence-corrected chi connectivity index (χ2v) is 3.36. The number of carbonyl (C=O) groups excluding carboxylic acids is 1. The number of aliphatic carboxylic acids is 1. The largest absolute Gasteiger partial charge is 0.478 e. The molecular weight excluding hydrogens is 196 g/mol. The maximum Gasteiger partial charge on any atom is 0.338 e. The Balaban J connectivity index is 2.51. The Morgan fingerprint density at radius 1 is 1.33 bits per heavy atom. The Morgan fingerprint density at radius 3 is 2.33 bits per heavy atom. The number of ether oxygens (including phenoxy) is 1. The smallest absolute Gasteiger partial charge is 0.338 e. The lowest BCUT2D eigenvalue weighted by molar-refractivity contribution is -0.143. The van der Waals surface area contributed by atoms with Crippen molar-refractivity contribution in [3.63, 3.8) is 0 Å². The zero-order valence-electron chi connectivity index (χ0n) is 8.23. The third-order valence-corrected chi connectivity index (χ3v) is 2.10. The average Bonchev–Trinajstić information content (AvgIpc) is 2.94. The Morgan fingerprint density at radius 2 is 1.93 bits per heavy atom. The van der Waals surface area contributed by atoms with E-state index in [2.05, 4.69) is 13.2 Å². The van der Waals surface area contributed by atoms with Gasteiger partial charge in [-0.1, -0.05) is 13.2 Å². The molecule has 0 radical (unpaired) electrons. The number of carbonyl (C=O) groups is 2. The summed E-state index contributed by atoms with van der Waals surface area (Å²) in [5, 5.41) is 8.34. The molecule has 0 aromatic heterocycles. The van der Waals surface area contributed by atoms with Crippen molar-refractivity contribution >= 4 is 11.9 Å². The molecule has 1 N–H and O–H groups in total. The molecule has 1 aliphatic carbocycles. The maximum atomic E-state index is 11.4. The molecule has 0 aliphatic heterocycles. The molecule has 0 heterocycles. The van der Waals surface area contributed by atoms with Crippen LogP contribution in [0.5, 0.6) is 0 Å². The van der Waals surface area contributed by atoms with Crippen LogP contribution in [-0.2, 0) is 14.3 Å². The Hall–Kier alpha value is -1.84. The van der Waals surface area contributed by atoms with Crippen LogP contribution in [0.4, 0.5) is 0 Å². The van der Waals surface area contributed by atoms with Crippen molar-refractivity contribution in [1.29, 1.82) is 0 Å². The minimum Gasteiger partial charge on any atom is -0.478 e. The van der Waals surface area contributed by atoms with Gasteiger partial charge in [-0.3, -0.25) is 0 Å². The van der Waals surface area contributed by atoms with Crippen LogP contribution in [0.15, 0.2) is 37.0 Å². The Labute approximate surface area is 87.5 Å². The first-order chi connectivity index (χ1) is 6.99. The van der Waals surface area contributed by atoms with Gasteiger partial charge in [0.25, 0.3) is 0 Å². The minimum absolute atomic E-state index is 0.0190. The molecule has 0 atom stereocenters. The van der Waals surface area contributed by atoms with E-state index in [9.17, 15) is 9.59 Å². The second kappa shape index (κ2) is 4.13. The molecule has 0 saturated heterocycles. The number of rotatable bonds is 5. The highest BCUT2D eigenvalue weighted by Gasteiger charge is 2.44. The van der Waals surface area contributed by atoms with Gasteiger partial charge in [0, 0.05) is 6.08 Å². The van der Waals surface area contributed by atoms with Crippen molar-refractivity contribution in [2.24, 2.45) is 0 Å². The topological polar surface area (TPSA) is 63.6 Å². The molecule has 1 aliphatic rings. The van der Waals surface area contributed by atoms with Gasteiger partial charge in [0.2, 0.25) is 0 Å². The molecule has 0 aromatic carbocycles. The fraction of sp³-hybridized carbons (Fsp3) is 0.273. The summed E-state index contributed by atoms with van der Waals surface area (Å²) in [4.78, 5) is 21.5. The first-order valence-corrected chi connectivity index (χ1v) is 4.46. The molecule has 0 aromatic rings. The van der Waals surface area contributed by atoms with Crippen LogP contribution < -0.4 is 0 Å². The SMILES string of the molecule is C=CC1(OC(=O)C(=C)C=CC(=O)O)CC1. The van der Waals surface area contributed by atoms with Crippen molar-refractivity contribution in [2.45, 2.75) is 18.4 Å². The predicted octanol–water partition coefficient (Wildman–Crippen LogP) is 1.45. The van der Waals surface area contributed by atoms with E-state index in [0.29, 0.717) is 0 Å². The van der Waals surface area contributed by atoms with Crippen molar-refractivity contribution in [3.8, 4) is 0 Å². The van der Waals surface area contributed by atoms with Gasteiger partial charge in [-0.15, -0.1) is 0 Å². The van der Waals surface area contributed by atoms with Crippen molar-refractivity contribution in [3.05, 3.63) is 37.0 Å². The van der Waals surface area contributed by atoms with E-state index in [1.54, 1.807) is 6.08 Å². The van der Waals surface area contributed by atoms with Crippen molar-refractivity contribution < 1.29 is 19.4 Å². The Bertz CT molecular complexity index is 348. The first-order valence-electron chi connectivity index (χ1n) is 4.46.